The number of nitrogens with one attached hydrogen (secondary N) is 1. The molecule has 126 valence electrons. The van der Waals surface area contributed by atoms with E-state index in [1.165, 1.54) is 17.5 Å². The normalized spacial score (nSPS) is 20.6. The lowest BCUT2D eigenvalue weighted by atomic mass is 9.97. The molecule has 2 N–H and O–H groups in total. The Morgan fingerprint density at radius 3 is 3.12 bits per heavy atom. The van der Waals surface area contributed by atoms with E-state index in [9.17, 15) is 0 Å². The molecule has 1 aromatic heterocycles. The summed E-state index contributed by atoms with van der Waals surface area (Å²) >= 11 is 0. The standard InChI is InChI=1S/C19H23N3O2/c1-13-10-19(24-9-7-20-6-8-23)21-22(13)16-4-5-17-14(11-16)2-3-15-12-18(15)17/h2-5,10-11,15,18,20,23H,6-9,12H2,1H3/t15?,18-/m1/s1. The molecule has 1 saturated carbocycles. The number of aryl methyl sites for hydroxylation is 1. The minimum Gasteiger partial charge on any atom is -0.475 e. The summed E-state index contributed by atoms with van der Waals surface area (Å²) in [5.41, 5.74) is 4.92. The molecule has 0 radical (unpaired) electrons. The van der Waals surface area contributed by atoms with Crippen LogP contribution in [0.5, 0.6) is 5.88 Å². The van der Waals surface area contributed by atoms with Crippen LogP contribution in [0.1, 0.15) is 29.2 Å². The summed E-state index contributed by atoms with van der Waals surface area (Å²) in [5.74, 6) is 2.14. The van der Waals surface area contributed by atoms with Gasteiger partial charge in [-0.15, -0.1) is 5.10 Å². The first kappa shape index (κ1) is 15.4. The van der Waals surface area contributed by atoms with Crippen LogP contribution < -0.4 is 10.1 Å². The summed E-state index contributed by atoms with van der Waals surface area (Å²) in [6.07, 6.45) is 5.88. The van der Waals surface area contributed by atoms with Crippen LogP contribution in [-0.2, 0) is 0 Å². The van der Waals surface area contributed by atoms with Gasteiger partial charge in [-0.2, -0.15) is 0 Å². The van der Waals surface area contributed by atoms with Gasteiger partial charge in [0.05, 0.1) is 12.3 Å². The number of nitrogens with zero attached hydrogens (tertiary/aromatic N) is 2. The lowest BCUT2D eigenvalue weighted by Crippen LogP contribution is -2.24. The Morgan fingerprint density at radius 2 is 2.25 bits per heavy atom. The Kier molecular flexibility index (Phi) is 4.12. The van der Waals surface area contributed by atoms with Crippen molar-refractivity contribution in [2.24, 2.45) is 5.92 Å². The van der Waals surface area contributed by atoms with Gasteiger partial charge in [0, 0.05) is 24.8 Å². The molecule has 4 rings (SSSR count). The van der Waals surface area contributed by atoms with Crippen LogP contribution in [0.2, 0.25) is 0 Å². The maximum atomic E-state index is 8.73. The van der Waals surface area contributed by atoms with E-state index in [1.807, 2.05) is 17.7 Å². The molecule has 1 unspecified atom stereocenters. The summed E-state index contributed by atoms with van der Waals surface area (Å²) < 4.78 is 7.62. The first-order valence-corrected chi connectivity index (χ1v) is 8.60. The quantitative estimate of drug-likeness (QED) is 0.767. The molecule has 5 nitrogen and oxygen atoms in total. The van der Waals surface area contributed by atoms with Crippen molar-refractivity contribution in [1.82, 2.24) is 15.1 Å². The Balaban J connectivity index is 1.48. The second kappa shape index (κ2) is 6.42. The van der Waals surface area contributed by atoms with Crippen LogP contribution in [0.15, 0.2) is 30.3 Å². The number of aliphatic hydroxyl groups is 1. The molecule has 2 aromatic rings. The van der Waals surface area contributed by atoms with E-state index in [4.69, 9.17) is 9.84 Å². The van der Waals surface area contributed by atoms with Crippen molar-refractivity contribution in [1.29, 1.82) is 0 Å². The van der Waals surface area contributed by atoms with Crippen molar-refractivity contribution in [3.63, 3.8) is 0 Å². The van der Waals surface area contributed by atoms with Gasteiger partial charge in [-0.1, -0.05) is 18.2 Å². The van der Waals surface area contributed by atoms with Crippen LogP contribution in [0.4, 0.5) is 0 Å². The van der Waals surface area contributed by atoms with Gasteiger partial charge in [-0.05, 0) is 48.4 Å². The third-order valence-corrected chi connectivity index (χ3v) is 4.76. The first-order chi connectivity index (χ1) is 11.8. The highest BCUT2D eigenvalue weighted by Gasteiger charge is 2.39. The summed E-state index contributed by atoms with van der Waals surface area (Å²) in [6.45, 7) is 3.99. The van der Waals surface area contributed by atoms with Gasteiger partial charge in [0.15, 0.2) is 0 Å². The lowest BCUT2D eigenvalue weighted by molar-refractivity contribution is 0.271. The second-order valence-electron chi connectivity index (χ2n) is 6.54. The van der Waals surface area contributed by atoms with Gasteiger partial charge in [-0.3, -0.25) is 0 Å². The van der Waals surface area contributed by atoms with Crippen molar-refractivity contribution >= 4 is 6.08 Å². The van der Waals surface area contributed by atoms with Gasteiger partial charge < -0.3 is 15.2 Å². The van der Waals surface area contributed by atoms with Crippen molar-refractivity contribution in [2.45, 2.75) is 19.3 Å². The van der Waals surface area contributed by atoms with Crippen LogP contribution in [0.3, 0.4) is 0 Å². The Hall–Kier alpha value is -2.11. The highest BCUT2D eigenvalue weighted by molar-refractivity contribution is 5.64. The van der Waals surface area contributed by atoms with Gasteiger partial charge >= 0.3 is 0 Å². The molecular weight excluding hydrogens is 302 g/mol. The fraction of sp³-hybridized carbons (Fsp3) is 0.421. The molecule has 5 heteroatoms. The van der Waals surface area contributed by atoms with Crippen molar-refractivity contribution < 1.29 is 9.84 Å². The molecule has 2 aliphatic rings. The number of aromatic nitrogens is 2. The maximum Gasteiger partial charge on any atom is 0.233 e. The SMILES string of the molecule is Cc1cc(OCCNCCO)nn1-c1ccc2c(c1)C=CC1C[C@@H]21. The number of allylic oxidation sites excluding steroid dienone is 1. The third-order valence-electron chi connectivity index (χ3n) is 4.76. The smallest absolute Gasteiger partial charge is 0.233 e. The molecule has 1 aromatic carbocycles. The average molecular weight is 325 g/mol. The number of ether oxygens (including phenoxy) is 1. The highest BCUT2D eigenvalue weighted by Crippen LogP contribution is 2.52. The van der Waals surface area contributed by atoms with E-state index >= 15 is 0 Å². The van der Waals surface area contributed by atoms with E-state index in [2.05, 4.69) is 40.8 Å². The summed E-state index contributed by atoms with van der Waals surface area (Å²) in [7, 11) is 0. The van der Waals surface area contributed by atoms with E-state index in [0.717, 1.165) is 23.2 Å². The van der Waals surface area contributed by atoms with E-state index in [0.29, 0.717) is 25.6 Å². The fourth-order valence-corrected chi connectivity index (χ4v) is 3.40. The summed E-state index contributed by atoms with van der Waals surface area (Å²) in [4.78, 5) is 0. The van der Waals surface area contributed by atoms with Gasteiger partial charge in [0.2, 0.25) is 5.88 Å². The zero-order chi connectivity index (χ0) is 16.5. The minimum atomic E-state index is 0.141. The third kappa shape index (κ3) is 2.97. The molecule has 0 saturated heterocycles. The van der Waals surface area contributed by atoms with Gasteiger partial charge in [0.25, 0.3) is 0 Å². The van der Waals surface area contributed by atoms with Gasteiger partial charge in [0.1, 0.15) is 6.61 Å². The van der Waals surface area contributed by atoms with Crippen LogP contribution in [0.25, 0.3) is 11.8 Å². The number of rotatable bonds is 7. The predicted molar refractivity (Wildman–Crippen MR) is 93.6 cm³/mol. The fourth-order valence-electron chi connectivity index (χ4n) is 3.40. The zero-order valence-electron chi connectivity index (χ0n) is 13.9. The Bertz CT molecular complexity index is 766. The molecule has 2 aliphatic carbocycles. The molecule has 0 aliphatic heterocycles. The molecule has 0 spiro atoms. The van der Waals surface area contributed by atoms with Crippen molar-refractivity contribution in [3.8, 4) is 11.6 Å². The number of fused-ring (bicyclic) bond motifs is 3. The monoisotopic (exact) mass is 325 g/mol. The second-order valence-corrected chi connectivity index (χ2v) is 6.54. The number of hydrogen-bond donors (Lipinski definition) is 2. The predicted octanol–water partition coefficient (Wildman–Crippen LogP) is 2.27. The van der Waals surface area contributed by atoms with Crippen LogP contribution in [0, 0.1) is 12.8 Å². The van der Waals surface area contributed by atoms with Crippen molar-refractivity contribution in [2.75, 3.05) is 26.3 Å². The lowest BCUT2D eigenvalue weighted by Gasteiger charge is -2.12. The zero-order valence-corrected chi connectivity index (χ0v) is 13.9. The molecule has 0 amide bonds. The molecule has 1 heterocycles. The van der Waals surface area contributed by atoms with Gasteiger partial charge in [-0.25, -0.2) is 4.68 Å². The largest absolute Gasteiger partial charge is 0.475 e. The summed E-state index contributed by atoms with van der Waals surface area (Å²) in [5, 5.41) is 16.4. The Morgan fingerprint density at radius 1 is 1.33 bits per heavy atom. The van der Waals surface area contributed by atoms with Crippen LogP contribution in [-0.4, -0.2) is 41.2 Å². The topological polar surface area (TPSA) is 59.3 Å². The van der Waals surface area contributed by atoms with Crippen LogP contribution >= 0.6 is 0 Å². The number of hydrogen-bond acceptors (Lipinski definition) is 4. The molecular formula is C19H23N3O2. The number of aliphatic hydroxyl groups excluding tert-OH is 1. The number of benzene rings is 1. The summed E-state index contributed by atoms with van der Waals surface area (Å²) in [6, 6.07) is 8.57. The van der Waals surface area contributed by atoms with Crippen molar-refractivity contribution in [3.05, 3.63) is 47.2 Å². The molecule has 2 atom stereocenters. The highest BCUT2D eigenvalue weighted by atomic mass is 16.5. The van der Waals surface area contributed by atoms with E-state index < -0.39 is 0 Å². The maximum absolute atomic E-state index is 8.73. The minimum absolute atomic E-state index is 0.141. The molecule has 0 bridgehead atoms. The first-order valence-electron chi connectivity index (χ1n) is 8.60. The van der Waals surface area contributed by atoms with E-state index in [-0.39, 0.29) is 6.61 Å². The molecule has 24 heavy (non-hydrogen) atoms. The molecule has 1 fully saturated rings. The Labute approximate surface area is 142 Å². The average Bonchev–Trinajstić information content (AvgIpc) is 3.30. The van der Waals surface area contributed by atoms with E-state index in [1.54, 1.807) is 0 Å².